The molecule has 0 aliphatic carbocycles. The van der Waals surface area contributed by atoms with Gasteiger partial charge < -0.3 is 9.16 Å². The second-order valence-corrected chi connectivity index (χ2v) is 7.63. The molecule has 0 radical (unpaired) electrons. The van der Waals surface area contributed by atoms with Crippen molar-refractivity contribution in [2.45, 2.75) is 97.3 Å². The molecule has 0 heterocycles. The van der Waals surface area contributed by atoms with E-state index in [1.54, 1.807) is 0 Å². The highest BCUT2D eigenvalue weighted by molar-refractivity contribution is 6.34. The van der Waals surface area contributed by atoms with E-state index in [4.69, 9.17) is 9.16 Å². The molecule has 0 aliphatic heterocycles. The van der Waals surface area contributed by atoms with Gasteiger partial charge >= 0.3 is 0 Å². The van der Waals surface area contributed by atoms with Crippen LogP contribution in [0.1, 0.15) is 97.3 Å². The highest BCUT2D eigenvalue weighted by Gasteiger charge is 1.93. The summed E-state index contributed by atoms with van der Waals surface area (Å²) in [5, 5.41) is 0. The van der Waals surface area contributed by atoms with Crippen molar-refractivity contribution in [1.29, 1.82) is 0 Å². The Balaban J connectivity index is 3.02. The van der Waals surface area contributed by atoms with Crippen LogP contribution in [0, 0.1) is 0 Å². The van der Waals surface area contributed by atoms with Crippen LogP contribution in [-0.4, -0.2) is 29.6 Å². The molecule has 0 N–H and O–H groups in total. The van der Waals surface area contributed by atoms with E-state index < -0.39 is 9.76 Å². The molecule has 138 valence electrons. The Bertz CT molecular complexity index is 232. The highest BCUT2D eigenvalue weighted by Crippen LogP contribution is 2.12. The zero-order valence-corrected chi connectivity index (χ0v) is 17.4. The quantitative estimate of drug-likeness (QED) is 0.220. The largest absolute Gasteiger partial charge is 0.417 e. The summed E-state index contributed by atoms with van der Waals surface area (Å²) in [6.07, 6.45) is 20.7. The Morgan fingerprint density at radius 1 is 0.696 bits per heavy atom. The Kier molecular flexibility index (Phi) is 21.8. The monoisotopic (exact) mass is 342 g/mol. The van der Waals surface area contributed by atoms with Crippen molar-refractivity contribution in [3.63, 3.8) is 0 Å². The Hall–Kier alpha value is -0.123. The van der Waals surface area contributed by atoms with E-state index >= 15 is 0 Å². The number of hydrogen-bond acceptors (Lipinski definition) is 2. The number of allylic oxidation sites excluding steroid dienone is 1. The lowest BCUT2D eigenvalue weighted by Crippen LogP contribution is -2.05. The molecule has 0 aliphatic rings. The van der Waals surface area contributed by atoms with Crippen molar-refractivity contribution in [2.75, 3.05) is 19.8 Å². The average molecular weight is 343 g/mol. The third-order valence-corrected chi connectivity index (χ3v) is 5.23. The minimum atomic E-state index is -0.439. The fourth-order valence-electron chi connectivity index (χ4n) is 2.70. The first kappa shape index (κ1) is 22.9. The predicted octanol–water partition coefficient (Wildman–Crippen LogP) is 5.73. The molecule has 0 aromatic carbocycles. The number of hydrogen-bond donors (Lipinski definition) is 0. The molecule has 0 spiro atoms. The second kappa shape index (κ2) is 21.9. The second-order valence-electron chi connectivity index (χ2n) is 6.42. The van der Waals surface area contributed by atoms with Crippen molar-refractivity contribution in [3.05, 3.63) is 11.8 Å². The summed E-state index contributed by atoms with van der Waals surface area (Å²) >= 11 is 0. The van der Waals surface area contributed by atoms with Gasteiger partial charge in [-0.2, -0.15) is 0 Å². The topological polar surface area (TPSA) is 18.5 Å². The van der Waals surface area contributed by atoms with Crippen LogP contribution in [0.25, 0.3) is 0 Å². The summed E-state index contributed by atoms with van der Waals surface area (Å²) in [5.74, 6) is 0. The summed E-state index contributed by atoms with van der Waals surface area (Å²) in [6, 6.07) is 0. The molecule has 0 fully saturated rings. The maximum atomic E-state index is 5.58. The van der Waals surface area contributed by atoms with Crippen molar-refractivity contribution in [3.8, 4) is 0 Å². The van der Waals surface area contributed by atoms with Gasteiger partial charge in [-0.15, -0.1) is 0 Å². The zero-order valence-electron chi connectivity index (χ0n) is 16.0. The fraction of sp³-hybridized carbons (Fsp3) is 0.900. The van der Waals surface area contributed by atoms with E-state index in [0.29, 0.717) is 0 Å². The summed E-state index contributed by atoms with van der Waals surface area (Å²) in [7, 11) is -0.439. The Morgan fingerprint density at radius 2 is 1.26 bits per heavy atom. The molecule has 0 bridgehead atoms. The molecule has 3 heteroatoms. The third-order valence-electron chi connectivity index (χ3n) is 4.18. The summed E-state index contributed by atoms with van der Waals surface area (Å²) < 4.78 is 10.8. The van der Waals surface area contributed by atoms with Crippen LogP contribution < -0.4 is 0 Å². The van der Waals surface area contributed by atoms with Gasteiger partial charge in [-0.05, 0) is 19.8 Å². The molecule has 0 atom stereocenters. The lowest BCUT2D eigenvalue weighted by atomic mass is 10.0. The molecule has 0 aromatic heterocycles. The van der Waals surface area contributed by atoms with E-state index in [1.807, 2.05) is 6.92 Å². The highest BCUT2D eigenvalue weighted by atomic mass is 28.2. The van der Waals surface area contributed by atoms with Gasteiger partial charge in [0, 0.05) is 6.61 Å². The average Bonchev–Trinajstić information content (AvgIpc) is 2.57. The van der Waals surface area contributed by atoms with Gasteiger partial charge in [0.15, 0.2) is 9.76 Å². The first-order valence-corrected chi connectivity index (χ1v) is 11.6. The Morgan fingerprint density at radius 3 is 1.83 bits per heavy atom. The van der Waals surface area contributed by atoms with Gasteiger partial charge in [0.25, 0.3) is 0 Å². The van der Waals surface area contributed by atoms with E-state index in [0.717, 1.165) is 19.8 Å². The number of rotatable bonds is 19. The molecule has 2 nitrogen and oxygen atoms in total. The van der Waals surface area contributed by atoms with Crippen molar-refractivity contribution in [2.24, 2.45) is 0 Å². The van der Waals surface area contributed by atoms with Crippen LogP contribution >= 0.6 is 0 Å². The van der Waals surface area contributed by atoms with Crippen LogP contribution in [0.2, 0.25) is 0 Å². The minimum absolute atomic E-state index is 0.439. The maximum absolute atomic E-state index is 5.58. The molecule has 0 rings (SSSR count). The van der Waals surface area contributed by atoms with Crippen LogP contribution in [0.3, 0.4) is 0 Å². The molecule has 0 aromatic rings. The lowest BCUT2D eigenvalue weighted by molar-refractivity contribution is 0.112. The SMILES string of the molecule is CCCCCCCCCCCCCCC=C[SiH2]OCCOCC. The van der Waals surface area contributed by atoms with E-state index in [9.17, 15) is 0 Å². The lowest BCUT2D eigenvalue weighted by Gasteiger charge is -2.02. The van der Waals surface area contributed by atoms with E-state index in [1.165, 1.54) is 83.5 Å². The summed E-state index contributed by atoms with van der Waals surface area (Å²) in [5.41, 5.74) is 2.28. The molecule has 0 saturated carbocycles. The van der Waals surface area contributed by atoms with Crippen molar-refractivity contribution in [1.82, 2.24) is 0 Å². The molecular weight excluding hydrogens is 300 g/mol. The number of ether oxygens (including phenoxy) is 1. The Labute approximate surface area is 148 Å². The van der Waals surface area contributed by atoms with Crippen LogP contribution in [0.4, 0.5) is 0 Å². The first-order chi connectivity index (χ1) is 11.4. The van der Waals surface area contributed by atoms with Gasteiger partial charge in [0.05, 0.1) is 13.2 Å². The first-order valence-electron chi connectivity index (χ1n) is 10.2. The maximum Gasteiger partial charge on any atom is 0.184 e. The normalized spacial score (nSPS) is 12.1. The van der Waals surface area contributed by atoms with Crippen LogP contribution in [-0.2, 0) is 9.16 Å². The van der Waals surface area contributed by atoms with Crippen LogP contribution in [0.5, 0.6) is 0 Å². The summed E-state index contributed by atoms with van der Waals surface area (Å²) in [4.78, 5) is 0. The number of unbranched alkanes of at least 4 members (excludes halogenated alkanes) is 12. The van der Waals surface area contributed by atoms with E-state index in [2.05, 4.69) is 18.7 Å². The van der Waals surface area contributed by atoms with E-state index in [-0.39, 0.29) is 0 Å². The van der Waals surface area contributed by atoms with Gasteiger partial charge in [0.2, 0.25) is 0 Å². The zero-order chi connectivity index (χ0) is 16.8. The smallest absolute Gasteiger partial charge is 0.184 e. The van der Waals surface area contributed by atoms with Gasteiger partial charge in [-0.3, -0.25) is 0 Å². The predicted molar refractivity (Wildman–Crippen MR) is 106 cm³/mol. The van der Waals surface area contributed by atoms with Gasteiger partial charge in [-0.1, -0.05) is 89.3 Å². The summed E-state index contributed by atoms with van der Waals surface area (Å²) in [6.45, 7) is 6.61. The standard InChI is InChI=1S/C20H42O2Si/c1-3-5-6-7-8-9-10-11-12-13-14-15-16-17-20-23-22-19-18-21-4-2/h17,20H,3-16,18-19,23H2,1-2H3. The molecule has 0 unspecified atom stereocenters. The molecule has 23 heavy (non-hydrogen) atoms. The molecule has 0 amide bonds. The molecule has 0 saturated heterocycles. The van der Waals surface area contributed by atoms with Gasteiger partial charge in [-0.25, -0.2) is 0 Å². The van der Waals surface area contributed by atoms with Crippen molar-refractivity contribution < 1.29 is 9.16 Å². The van der Waals surface area contributed by atoms with Crippen molar-refractivity contribution >= 4 is 9.76 Å². The minimum Gasteiger partial charge on any atom is -0.417 e. The molecular formula is C20H42O2Si. The van der Waals surface area contributed by atoms with Gasteiger partial charge in [0.1, 0.15) is 0 Å². The third kappa shape index (κ3) is 21.9. The fourth-order valence-corrected chi connectivity index (χ4v) is 3.50. The van der Waals surface area contributed by atoms with Crippen LogP contribution in [0.15, 0.2) is 11.8 Å².